The minimum atomic E-state index is 0.182. The molecule has 0 aliphatic carbocycles. The Kier molecular flexibility index (Phi) is 12.9. The van der Waals surface area contributed by atoms with E-state index in [0.717, 1.165) is 105 Å². The summed E-state index contributed by atoms with van der Waals surface area (Å²) in [5.41, 5.74) is 21.4. The van der Waals surface area contributed by atoms with Crippen LogP contribution in [0.4, 0.5) is 0 Å². The lowest BCUT2D eigenvalue weighted by atomic mass is 9.88. The second kappa shape index (κ2) is 20.7. The Bertz CT molecular complexity index is 4840. The first kappa shape index (κ1) is 52.5. The van der Waals surface area contributed by atoms with E-state index in [4.69, 9.17) is 24.1 Å². The zero-order valence-electron chi connectivity index (χ0n) is 49.4. The Morgan fingerprint density at radius 2 is 0.893 bits per heavy atom. The fraction of sp³-hybridized carbons (Fsp3) is 0.182. The van der Waals surface area contributed by atoms with Gasteiger partial charge in [-0.2, -0.15) is 0 Å². The first-order chi connectivity index (χ1) is 40.8. The summed E-state index contributed by atoms with van der Waals surface area (Å²) in [6, 6.07) is 71.9. The van der Waals surface area contributed by atoms with Gasteiger partial charge in [-0.3, -0.25) is 14.1 Å². The van der Waals surface area contributed by atoms with Crippen LogP contribution in [0.5, 0.6) is 11.5 Å². The summed E-state index contributed by atoms with van der Waals surface area (Å²) >= 11 is 0. The van der Waals surface area contributed by atoms with E-state index >= 15 is 0 Å². The van der Waals surface area contributed by atoms with Gasteiger partial charge in [0.25, 0.3) is 0 Å². The van der Waals surface area contributed by atoms with Crippen LogP contribution in [0.25, 0.3) is 122 Å². The summed E-state index contributed by atoms with van der Waals surface area (Å²) in [6.07, 6.45) is 0. The van der Waals surface area contributed by atoms with Crippen molar-refractivity contribution in [3.8, 4) is 67.9 Å². The van der Waals surface area contributed by atoms with Crippen molar-refractivity contribution >= 4 is 65.6 Å². The molecule has 4 aromatic heterocycles. The van der Waals surface area contributed by atoms with Crippen LogP contribution in [0, 0.1) is 13.8 Å². The molecule has 0 amide bonds. The third-order valence-electron chi connectivity index (χ3n) is 17.0. The first-order valence-corrected chi connectivity index (χ1v) is 29.7. The smallest absolute Gasteiger partial charge is 0.149 e. The molecule has 0 spiro atoms. The van der Waals surface area contributed by atoms with Crippen molar-refractivity contribution in [3.63, 3.8) is 0 Å². The normalized spacial score (nSPS) is 12.1. The molecule has 0 N–H and O–H groups in total. The van der Waals surface area contributed by atoms with E-state index < -0.39 is 0 Å². The van der Waals surface area contributed by atoms with Gasteiger partial charge in [0.1, 0.15) is 34.3 Å². The summed E-state index contributed by atoms with van der Waals surface area (Å²) in [5.74, 6) is 3.79. The van der Waals surface area contributed by atoms with Gasteiger partial charge in [0.2, 0.25) is 0 Å². The highest BCUT2D eigenvalue weighted by Gasteiger charge is 2.29. The number of hydrogen-bond donors (Lipinski definition) is 0. The Morgan fingerprint density at radius 3 is 1.46 bits per heavy atom. The number of aromatic nitrogens is 5. The number of pyridine rings is 1. The van der Waals surface area contributed by atoms with Crippen molar-refractivity contribution in [2.24, 2.45) is 0 Å². The standard InChI is InChI=1S/C77H67N5O2/c1-44(2)60-37-54(50-22-13-11-14-23-50)38-61(45(3)4)72(60)81-70-30-19-17-28-68(70)79-76(81)53-26-21-27-57(36-53)83-58-41-66-59-33-32-52-35-56-34-48(9)78-49(10)64(56)43-65(52)74(59)84-75(66)67(42-58)77-80-69-29-18-20-31-71(69)82(77)73-62(46(5)6)39-55(40-63(73)47(7)8)51-24-15-12-16-25-51/h11-47H,1-10H3. The third-order valence-corrected chi connectivity index (χ3v) is 17.0. The average Bonchev–Trinajstić information content (AvgIpc) is 2.17. The molecule has 4 heterocycles. The van der Waals surface area contributed by atoms with Gasteiger partial charge in [0.05, 0.1) is 39.0 Å². The molecular formula is C77H67N5O2. The van der Waals surface area contributed by atoms with Gasteiger partial charge in [0.15, 0.2) is 0 Å². The monoisotopic (exact) mass is 1090 g/mol. The molecule has 0 atom stereocenters. The number of aryl methyl sites for hydroxylation is 2. The number of nitrogens with zero attached hydrogens (tertiary/aromatic N) is 5. The quantitative estimate of drug-likeness (QED) is 0.114. The molecule has 84 heavy (non-hydrogen) atoms. The summed E-state index contributed by atoms with van der Waals surface area (Å²) in [7, 11) is 0. The number of hydrogen-bond acceptors (Lipinski definition) is 5. The minimum absolute atomic E-state index is 0.182. The fourth-order valence-corrected chi connectivity index (χ4v) is 12.9. The van der Waals surface area contributed by atoms with E-state index in [2.05, 4.69) is 272 Å². The van der Waals surface area contributed by atoms with Crippen LogP contribution in [-0.4, -0.2) is 24.1 Å². The lowest BCUT2D eigenvalue weighted by Gasteiger charge is -2.24. The largest absolute Gasteiger partial charge is 0.457 e. The van der Waals surface area contributed by atoms with Gasteiger partial charge < -0.3 is 9.15 Å². The predicted octanol–water partition coefficient (Wildman–Crippen LogP) is 21.5. The highest BCUT2D eigenvalue weighted by atomic mass is 16.5. The van der Waals surface area contributed by atoms with Crippen molar-refractivity contribution in [3.05, 3.63) is 234 Å². The van der Waals surface area contributed by atoms with Crippen LogP contribution < -0.4 is 4.74 Å². The van der Waals surface area contributed by atoms with E-state index in [1.807, 2.05) is 6.07 Å². The molecule has 0 radical (unpaired) electrons. The molecule has 14 aromatic rings. The van der Waals surface area contributed by atoms with Crippen molar-refractivity contribution < 1.29 is 9.15 Å². The molecular weight excluding hydrogens is 1030 g/mol. The van der Waals surface area contributed by atoms with Gasteiger partial charge >= 0.3 is 0 Å². The summed E-state index contributed by atoms with van der Waals surface area (Å²) in [4.78, 5) is 16.0. The van der Waals surface area contributed by atoms with E-state index in [0.29, 0.717) is 11.5 Å². The molecule has 0 aliphatic heterocycles. The molecule has 14 rings (SSSR count). The predicted molar refractivity (Wildman–Crippen MR) is 350 cm³/mol. The lowest BCUT2D eigenvalue weighted by Crippen LogP contribution is -2.09. The number of furan rings is 1. The van der Waals surface area contributed by atoms with Gasteiger partial charge in [-0.05, 0) is 190 Å². The SMILES string of the molecule is Cc1cc2cc3ccc4c5cc(Oc6cccc(-c7nc8ccccc8n7-c7c(C(C)C)cc(-c8ccccc8)cc7C(C)C)c6)cc(-c6nc7ccccc7n6-c6c(C(C)C)cc(-c7ccccc7)cc6C(C)C)c5oc4c3cc2c(C)n1. The zero-order valence-corrected chi connectivity index (χ0v) is 49.4. The van der Waals surface area contributed by atoms with Crippen molar-refractivity contribution in [2.75, 3.05) is 0 Å². The van der Waals surface area contributed by atoms with Crippen LogP contribution in [0.15, 0.2) is 205 Å². The van der Waals surface area contributed by atoms with Crippen LogP contribution in [0.1, 0.15) is 113 Å². The van der Waals surface area contributed by atoms with E-state index in [1.54, 1.807) is 0 Å². The fourth-order valence-electron chi connectivity index (χ4n) is 12.9. The second-order valence-corrected chi connectivity index (χ2v) is 24.0. The van der Waals surface area contributed by atoms with Crippen LogP contribution in [0.2, 0.25) is 0 Å². The Morgan fingerprint density at radius 1 is 0.369 bits per heavy atom. The number of benzene rings is 10. The number of fused-ring (bicyclic) bond motifs is 8. The van der Waals surface area contributed by atoms with Crippen LogP contribution >= 0.6 is 0 Å². The molecule has 7 heteroatoms. The molecule has 0 aliphatic rings. The summed E-state index contributed by atoms with van der Waals surface area (Å²) in [6.45, 7) is 22.5. The summed E-state index contributed by atoms with van der Waals surface area (Å²) in [5, 5.41) is 6.31. The number of para-hydroxylation sites is 4. The third kappa shape index (κ3) is 8.92. The Balaban J connectivity index is 0.997. The van der Waals surface area contributed by atoms with Crippen LogP contribution in [0.3, 0.4) is 0 Å². The highest BCUT2D eigenvalue weighted by Crippen LogP contribution is 2.47. The molecule has 7 nitrogen and oxygen atoms in total. The maximum absolute atomic E-state index is 7.39. The molecule has 412 valence electrons. The highest BCUT2D eigenvalue weighted by molar-refractivity contribution is 6.19. The minimum Gasteiger partial charge on any atom is -0.457 e. The molecule has 0 fully saturated rings. The molecule has 0 saturated heterocycles. The molecule has 0 saturated carbocycles. The topological polar surface area (TPSA) is 70.9 Å². The second-order valence-electron chi connectivity index (χ2n) is 24.0. The van der Waals surface area contributed by atoms with Crippen LogP contribution in [-0.2, 0) is 0 Å². The molecule has 10 aromatic carbocycles. The summed E-state index contributed by atoms with van der Waals surface area (Å²) < 4.78 is 19.5. The Labute approximate surface area is 490 Å². The van der Waals surface area contributed by atoms with E-state index in [1.165, 1.54) is 50.2 Å². The van der Waals surface area contributed by atoms with Gasteiger partial charge in [0, 0.05) is 38.5 Å². The maximum Gasteiger partial charge on any atom is 0.149 e. The number of imidazole rings is 2. The zero-order chi connectivity index (χ0) is 57.7. The van der Waals surface area contributed by atoms with Gasteiger partial charge in [-0.1, -0.05) is 159 Å². The number of rotatable bonds is 12. The maximum atomic E-state index is 7.39. The Hall–Kier alpha value is -9.59. The van der Waals surface area contributed by atoms with Crippen molar-refractivity contribution in [2.45, 2.75) is 92.9 Å². The first-order valence-electron chi connectivity index (χ1n) is 29.7. The molecule has 0 unspecified atom stereocenters. The molecule has 0 bridgehead atoms. The van der Waals surface area contributed by atoms with Gasteiger partial charge in [-0.15, -0.1) is 0 Å². The lowest BCUT2D eigenvalue weighted by molar-refractivity contribution is 0.483. The van der Waals surface area contributed by atoms with Gasteiger partial charge in [-0.25, -0.2) is 9.97 Å². The van der Waals surface area contributed by atoms with Crippen molar-refractivity contribution in [1.82, 2.24) is 24.1 Å². The van der Waals surface area contributed by atoms with Crippen molar-refractivity contribution in [1.29, 1.82) is 0 Å². The number of ether oxygens (including phenoxy) is 1. The average molecular weight is 1090 g/mol. The van der Waals surface area contributed by atoms with E-state index in [9.17, 15) is 0 Å². The van der Waals surface area contributed by atoms with E-state index in [-0.39, 0.29) is 23.7 Å².